The molecule has 2 aromatic carbocycles. The molecular weight excluding hydrogens is 426 g/mol. The van der Waals surface area contributed by atoms with E-state index in [1.807, 2.05) is 38.1 Å². The summed E-state index contributed by atoms with van der Waals surface area (Å²) in [6, 6.07) is 10.5. The van der Waals surface area contributed by atoms with Crippen molar-refractivity contribution in [2.24, 2.45) is 0 Å². The second-order valence-electron chi connectivity index (χ2n) is 7.31. The van der Waals surface area contributed by atoms with Crippen LogP contribution >= 0.6 is 0 Å². The minimum absolute atomic E-state index is 0.00521. The van der Waals surface area contributed by atoms with Crippen molar-refractivity contribution in [3.05, 3.63) is 47.0 Å². The van der Waals surface area contributed by atoms with Crippen LogP contribution in [-0.4, -0.2) is 45.2 Å². The lowest BCUT2D eigenvalue weighted by Crippen LogP contribution is -2.35. The van der Waals surface area contributed by atoms with Crippen LogP contribution in [-0.2, 0) is 14.3 Å². The fourth-order valence-corrected chi connectivity index (χ4v) is 3.29. The molecule has 0 aliphatic heterocycles. The van der Waals surface area contributed by atoms with E-state index in [9.17, 15) is 14.4 Å². The van der Waals surface area contributed by atoms with Crippen LogP contribution in [0.15, 0.2) is 30.3 Å². The molecule has 174 valence electrons. The number of nitriles is 1. The zero-order valence-corrected chi connectivity index (χ0v) is 19.4. The van der Waals surface area contributed by atoms with Crippen LogP contribution in [0.3, 0.4) is 0 Å². The molecule has 0 unspecified atom stereocenters. The van der Waals surface area contributed by atoms with Crippen molar-refractivity contribution in [2.75, 3.05) is 37.6 Å². The Labute approximate surface area is 192 Å². The summed E-state index contributed by atoms with van der Waals surface area (Å²) in [5.41, 5.74) is 2.71. The molecule has 0 saturated carbocycles. The number of benzene rings is 2. The molecule has 0 fully saturated rings. The van der Waals surface area contributed by atoms with Crippen LogP contribution in [0.4, 0.5) is 11.4 Å². The molecule has 0 aliphatic rings. The number of ether oxygens (including phenoxy) is 3. The smallest absolute Gasteiger partial charge is 0.340 e. The molecule has 1 N–H and O–H groups in total. The molecule has 33 heavy (non-hydrogen) atoms. The zero-order valence-electron chi connectivity index (χ0n) is 19.4. The molecule has 0 saturated heterocycles. The molecule has 2 aromatic rings. The van der Waals surface area contributed by atoms with E-state index < -0.39 is 24.4 Å². The highest BCUT2D eigenvalue weighted by molar-refractivity contribution is 6.03. The van der Waals surface area contributed by atoms with Crippen LogP contribution in [0.1, 0.15) is 34.8 Å². The van der Waals surface area contributed by atoms with Gasteiger partial charge in [0.05, 0.1) is 38.0 Å². The van der Waals surface area contributed by atoms with Crippen molar-refractivity contribution in [3.8, 4) is 17.6 Å². The first-order valence-corrected chi connectivity index (χ1v) is 10.2. The van der Waals surface area contributed by atoms with Gasteiger partial charge in [0.25, 0.3) is 5.91 Å². The molecule has 9 nitrogen and oxygen atoms in total. The number of hydrogen-bond acceptors (Lipinski definition) is 7. The second kappa shape index (κ2) is 11.5. The predicted molar refractivity (Wildman–Crippen MR) is 123 cm³/mol. The van der Waals surface area contributed by atoms with Gasteiger partial charge in [0, 0.05) is 31.3 Å². The van der Waals surface area contributed by atoms with Crippen molar-refractivity contribution in [1.82, 2.24) is 0 Å². The summed E-state index contributed by atoms with van der Waals surface area (Å²) in [4.78, 5) is 38.7. The Morgan fingerprint density at radius 3 is 2.15 bits per heavy atom. The van der Waals surface area contributed by atoms with E-state index in [-0.39, 0.29) is 30.0 Å². The molecule has 9 heteroatoms. The number of esters is 1. The van der Waals surface area contributed by atoms with E-state index in [0.29, 0.717) is 11.4 Å². The maximum atomic E-state index is 12.9. The number of anilines is 2. The van der Waals surface area contributed by atoms with Gasteiger partial charge in [-0.25, -0.2) is 4.79 Å². The van der Waals surface area contributed by atoms with Gasteiger partial charge in [0.15, 0.2) is 18.1 Å². The van der Waals surface area contributed by atoms with E-state index >= 15 is 0 Å². The van der Waals surface area contributed by atoms with Crippen molar-refractivity contribution in [1.29, 1.82) is 5.26 Å². The molecule has 0 heterocycles. The molecule has 2 amide bonds. The molecule has 0 bridgehead atoms. The number of carbonyl (C=O) groups excluding carboxylic acids is 3. The lowest BCUT2D eigenvalue weighted by molar-refractivity contribution is -0.121. The standard InChI is InChI=1S/C24H27N3O6/c1-15-9-16(2)11-18(10-15)27(8-6-7-25)23(29)14-33-24(30)19-12-21(31-4)22(32-5)13-20(19)26-17(3)28/h9-13H,6,8,14H2,1-5H3,(H,26,28). The summed E-state index contributed by atoms with van der Waals surface area (Å²) in [7, 11) is 2.83. The highest BCUT2D eigenvalue weighted by atomic mass is 16.5. The summed E-state index contributed by atoms with van der Waals surface area (Å²) < 4.78 is 15.7. The number of carbonyl (C=O) groups is 3. The Hall–Kier alpha value is -4.06. The number of nitrogens with zero attached hydrogens (tertiary/aromatic N) is 2. The Kier molecular flexibility index (Phi) is 8.80. The van der Waals surface area contributed by atoms with Gasteiger partial charge in [-0.1, -0.05) is 6.07 Å². The molecular formula is C24H27N3O6. The van der Waals surface area contributed by atoms with Crippen molar-refractivity contribution < 1.29 is 28.6 Å². The first kappa shape index (κ1) is 25.2. The average Bonchev–Trinajstić information content (AvgIpc) is 2.76. The normalized spacial score (nSPS) is 10.1. The van der Waals surface area contributed by atoms with Crippen LogP contribution < -0.4 is 19.7 Å². The Bertz CT molecular complexity index is 1070. The van der Waals surface area contributed by atoms with E-state index in [1.54, 1.807) is 0 Å². The van der Waals surface area contributed by atoms with Crippen LogP contribution in [0, 0.1) is 25.2 Å². The Morgan fingerprint density at radius 2 is 1.61 bits per heavy atom. The minimum atomic E-state index is -0.825. The maximum absolute atomic E-state index is 12.9. The highest BCUT2D eigenvalue weighted by Gasteiger charge is 2.22. The highest BCUT2D eigenvalue weighted by Crippen LogP contribution is 2.34. The molecule has 0 aliphatic carbocycles. The quantitative estimate of drug-likeness (QED) is 0.578. The molecule has 0 spiro atoms. The minimum Gasteiger partial charge on any atom is -0.493 e. The zero-order chi connectivity index (χ0) is 24.5. The van der Waals surface area contributed by atoms with Gasteiger partial charge in [0.2, 0.25) is 5.91 Å². The molecule has 0 aromatic heterocycles. The van der Waals surface area contributed by atoms with E-state index in [2.05, 4.69) is 5.32 Å². The lowest BCUT2D eigenvalue weighted by atomic mass is 10.1. The SMILES string of the molecule is COc1cc(NC(C)=O)c(C(=O)OCC(=O)N(CCC#N)c2cc(C)cc(C)c2)cc1OC. The van der Waals surface area contributed by atoms with Gasteiger partial charge in [-0.3, -0.25) is 9.59 Å². The monoisotopic (exact) mass is 453 g/mol. The third-order valence-corrected chi connectivity index (χ3v) is 4.65. The molecule has 2 rings (SSSR count). The Balaban J connectivity index is 2.27. The lowest BCUT2D eigenvalue weighted by Gasteiger charge is -2.23. The Morgan fingerprint density at radius 1 is 1.00 bits per heavy atom. The number of amides is 2. The number of aryl methyl sites for hydroxylation is 2. The van der Waals surface area contributed by atoms with E-state index in [0.717, 1.165) is 11.1 Å². The fraction of sp³-hybridized carbons (Fsp3) is 0.333. The number of hydrogen-bond donors (Lipinski definition) is 1. The fourth-order valence-electron chi connectivity index (χ4n) is 3.29. The maximum Gasteiger partial charge on any atom is 0.340 e. The molecule has 0 radical (unpaired) electrons. The summed E-state index contributed by atoms with van der Waals surface area (Å²) >= 11 is 0. The first-order chi connectivity index (χ1) is 15.7. The van der Waals surface area contributed by atoms with Gasteiger partial charge in [-0.05, 0) is 37.1 Å². The first-order valence-electron chi connectivity index (χ1n) is 10.2. The topological polar surface area (TPSA) is 118 Å². The number of methoxy groups -OCH3 is 2. The third kappa shape index (κ3) is 6.71. The van der Waals surface area contributed by atoms with Gasteiger partial charge in [0.1, 0.15) is 0 Å². The average molecular weight is 453 g/mol. The van der Waals surface area contributed by atoms with Gasteiger partial charge < -0.3 is 24.4 Å². The van der Waals surface area contributed by atoms with Crippen molar-refractivity contribution in [2.45, 2.75) is 27.2 Å². The number of rotatable bonds is 9. The van der Waals surface area contributed by atoms with Crippen molar-refractivity contribution >= 4 is 29.2 Å². The predicted octanol–water partition coefficient (Wildman–Crippen LogP) is 3.38. The summed E-state index contributed by atoms with van der Waals surface area (Å²) in [6.45, 7) is 4.72. The third-order valence-electron chi connectivity index (χ3n) is 4.65. The summed E-state index contributed by atoms with van der Waals surface area (Å²) in [5.74, 6) is -1.13. The van der Waals surface area contributed by atoms with Crippen LogP contribution in [0.5, 0.6) is 11.5 Å². The van der Waals surface area contributed by atoms with Crippen LogP contribution in [0.25, 0.3) is 0 Å². The van der Waals surface area contributed by atoms with E-state index in [1.165, 1.54) is 38.2 Å². The molecule has 0 atom stereocenters. The largest absolute Gasteiger partial charge is 0.493 e. The number of nitrogens with one attached hydrogen (secondary N) is 1. The second-order valence-corrected chi connectivity index (χ2v) is 7.31. The summed E-state index contributed by atoms with van der Waals surface area (Å²) in [6.07, 6.45) is 0.120. The van der Waals surface area contributed by atoms with E-state index in [4.69, 9.17) is 19.5 Å². The van der Waals surface area contributed by atoms with Gasteiger partial charge in [-0.2, -0.15) is 5.26 Å². The van der Waals surface area contributed by atoms with Crippen molar-refractivity contribution in [3.63, 3.8) is 0 Å². The summed E-state index contributed by atoms with van der Waals surface area (Å²) in [5, 5.41) is 11.5. The van der Waals surface area contributed by atoms with Crippen LogP contribution in [0.2, 0.25) is 0 Å². The van der Waals surface area contributed by atoms with Gasteiger partial charge >= 0.3 is 5.97 Å². The van der Waals surface area contributed by atoms with Gasteiger partial charge in [-0.15, -0.1) is 0 Å².